The summed E-state index contributed by atoms with van der Waals surface area (Å²) in [4.78, 5) is 0. The van der Waals surface area contributed by atoms with Gasteiger partial charge in [0, 0.05) is 10.0 Å². The molecule has 1 heterocycles. The van der Waals surface area contributed by atoms with Crippen molar-refractivity contribution >= 4 is 15.9 Å². The third-order valence-electron chi connectivity index (χ3n) is 1.98. The van der Waals surface area contributed by atoms with Crippen molar-refractivity contribution in [2.75, 3.05) is 0 Å². The molecule has 0 bridgehead atoms. The number of rotatable bonds is 1. The van der Waals surface area contributed by atoms with E-state index in [2.05, 4.69) is 28.9 Å². The van der Waals surface area contributed by atoms with Crippen molar-refractivity contribution in [3.05, 3.63) is 46.6 Å². The molecule has 0 radical (unpaired) electrons. The van der Waals surface area contributed by atoms with E-state index < -0.39 is 0 Å². The first-order valence-electron chi connectivity index (χ1n) is 4.08. The van der Waals surface area contributed by atoms with Gasteiger partial charge in [-0.05, 0) is 40.5 Å². The number of furan rings is 1. The fourth-order valence-electron chi connectivity index (χ4n) is 1.27. The van der Waals surface area contributed by atoms with Gasteiger partial charge in [0.25, 0.3) is 0 Å². The van der Waals surface area contributed by atoms with Crippen molar-refractivity contribution in [1.29, 1.82) is 0 Å². The molecule has 0 saturated heterocycles. The summed E-state index contributed by atoms with van der Waals surface area (Å²) in [7, 11) is 0. The summed E-state index contributed by atoms with van der Waals surface area (Å²) in [5.74, 6) is 0.899. The second-order valence-corrected chi connectivity index (χ2v) is 3.71. The van der Waals surface area contributed by atoms with Crippen LogP contribution in [0.5, 0.6) is 0 Å². The van der Waals surface area contributed by atoms with Gasteiger partial charge in [0.2, 0.25) is 0 Å². The zero-order valence-corrected chi connectivity index (χ0v) is 8.84. The van der Waals surface area contributed by atoms with Gasteiger partial charge in [-0.15, -0.1) is 0 Å². The van der Waals surface area contributed by atoms with Crippen LogP contribution in [0.4, 0.5) is 0 Å². The van der Waals surface area contributed by atoms with Gasteiger partial charge in [-0.2, -0.15) is 0 Å². The second-order valence-electron chi connectivity index (χ2n) is 2.91. The van der Waals surface area contributed by atoms with Gasteiger partial charge in [-0.25, -0.2) is 0 Å². The number of hydrogen-bond donors (Lipinski definition) is 0. The largest absolute Gasteiger partial charge is 0.464 e. The molecule has 0 N–H and O–H groups in total. The van der Waals surface area contributed by atoms with Crippen LogP contribution in [0.2, 0.25) is 0 Å². The molecule has 1 aromatic heterocycles. The Hall–Kier alpha value is -1.02. The van der Waals surface area contributed by atoms with E-state index in [4.69, 9.17) is 4.42 Å². The van der Waals surface area contributed by atoms with E-state index in [0.717, 1.165) is 15.8 Å². The van der Waals surface area contributed by atoms with E-state index in [-0.39, 0.29) is 0 Å². The van der Waals surface area contributed by atoms with E-state index in [1.165, 1.54) is 5.56 Å². The van der Waals surface area contributed by atoms with Crippen molar-refractivity contribution in [3.63, 3.8) is 0 Å². The van der Waals surface area contributed by atoms with Crippen LogP contribution in [-0.4, -0.2) is 0 Å². The molecule has 1 aromatic carbocycles. The van der Waals surface area contributed by atoms with Crippen LogP contribution in [0, 0.1) is 6.92 Å². The highest BCUT2D eigenvalue weighted by molar-refractivity contribution is 9.10. The molecule has 0 aliphatic heterocycles. The third kappa shape index (κ3) is 1.54. The molecule has 0 fully saturated rings. The van der Waals surface area contributed by atoms with Crippen LogP contribution in [0.3, 0.4) is 0 Å². The number of halogens is 1. The summed E-state index contributed by atoms with van der Waals surface area (Å²) in [5.41, 5.74) is 2.32. The predicted molar refractivity (Wildman–Crippen MR) is 56.6 cm³/mol. The lowest BCUT2D eigenvalue weighted by Crippen LogP contribution is -1.80. The van der Waals surface area contributed by atoms with Gasteiger partial charge in [0.05, 0.1) is 6.26 Å². The van der Waals surface area contributed by atoms with Gasteiger partial charge in [-0.1, -0.05) is 18.2 Å². The van der Waals surface area contributed by atoms with Crippen LogP contribution in [0.15, 0.2) is 45.5 Å². The highest BCUT2D eigenvalue weighted by Gasteiger charge is 2.06. The average molecular weight is 237 g/mol. The molecular weight excluding hydrogens is 228 g/mol. The molecule has 0 atom stereocenters. The molecule has 0 aliphatic rings. The van der Waals surface area contributed by atoms with Gasteiger partial charge in [0.15, 0.2) is 0 Å². The summed E-state index contributed by atoms with van der Waals surface area (Å²) < 4.78 is 6.43. The molecule has 2 aromatic rings. The zero-order chi connectivity index (χ0) is 9.26. The first-order chi connectivity index (χ1) is 6.29. The van der Waals surface area contributed by atoms with Gasteiger partial charge in [0.1, 0.15) is 5.76 Å². The summed E-state index contributed by atoms with van der Waals surface area (Å²) >= 11 is 3.54. The van der Waals surface area contributed by atoms with Crippen LogP contribution >= 0.6 is 15.9 Å². The summed E-state index contributed by atoms with van der Waals surface area (Å²) in [6, 6.07) is 9.98. The minimum absolute atomic E-state index is 0.899. The molecule has 0 saturated carbocycles. The fourth-order valence-corrected chi connectivity index (χ4v) is 1.73. The SMILES string of the molecule is Cc1cccc(-c2ccco2)c1Br. The first-order valence-corrected chi connectivity index (χ1v) is 4.87. The molecular formula is C11H9BrO. The van der Waals surface area contributed by atoms with E-state index in [0.29, 0.717) is 0 Å². The Morgan fingerprint density at radius 2 is 2.00 bits per heavy atom. The molecule has 13 heavy (non-hydrogen) atoms. The van der Waals surface area contributed by atoms with Crippen molar-refractivity contribution < 1.29 is 4.42 Å². The molecule has 0 unspecified atom stereocenters. The van der Waals surface area contributed by atoms with Crippen LogP contribution in [0.1, 0.15) is 5.56 Å². The van der Waals surface area contributed by atoms with Crippen molar-refractivity contribution in [2.24, 2.45) is 0 Å². The quantitative estimate of drug-likeness (QED) is 0.730. The van der Waals surface area contributed by atoms with Crippen LogP contribution in [0.25, 0.3) is 11.3 Å². The average Bonchev–Trinajstić information content (AvgIpc) is 2.62. The molecule has 2 rings (SSSR count). The van der Waals surface area contributed by atoms with Crippen LogP contribution in [-0.2, 0) is 0 Å². The zero-order valence-electron chi connectivity index (χ0n) is 7.25. The van der Waals surface area contributed by atoms with Gasteiger partial charge >= 0.3 is 0 Å². The second kappa shape index (κ2) is 3.38. The Labute approximate surface area is 85.5 Å². The van der Waals surface area contributed by atoms with Crippen molar-refractivity contribution in [1.82, 2.24) is 0 Å². The van der Waals surface area contributed by atoms with E-state index in [1.807, 2.05) is 24.3 Å². The lowest BCUT2D eigenvalue weighted by Gasteiger charge is -2.03. The van der Waals surface area contributed by atoms with E-state index in [1.54, 1.807) is 6.26 Å². The third-order valence-corrected chi connectivity index (χ3v) is 3.03. The molecule has 1 nitrogen and oxygen atoms in total. The minimum atomic E-state index is 0.899. The molecule has 66 valence electrons. The van der Waals surface area contributed by atoms with Crippen molar-refractivity contribution in [2.45, 2.75) is 6.92 Å². The minimum Gasteiger partial charge on any atom is -0.464 e. The maximum absolute atomic E-state index is 5.33. The normalized spacial score (nSPS) is 10.3. The Morgan fingerprint density at radius 3 is 2.69 bits per heavy atom. The standard InChI is InChI=1S/C11H9BrO/c1-8-4-2-5-9(11(8)12)10-6-3-7-13-10/h2-7H,1H3. The molecule has 2 heteroatoms. The lowest BCUT2D eigenvalue weighted by molar-refractivity contribution is 0.582. The highest BCUT2D eigenvalue weighted by Crippen LogP contribution is 2.30. The Kier molecular flexibility index (Phi) is 2.23. The topological polar surface area (TPSA) is 13.1 Å². The van der Waals surface area contributed by atoms with Crippen LogP contribution < -0.4 is 0 Å². The number of aryl methyl sites for hydroxylation is 1. The molecule has 0 amide bonds. The summed E-state index contributed by atoms with van der Waals surface area (Å²) in [6.45, 7) is 2.07. The van der Waals surface area contributed by atoms with E-state index >= 15 is 0 Å². The fraction of sp³-hybridized carbons (Fsp3) is 0.0909. The lowest BCUT2D eigenvalue weighted by atomic mass is 10.1. The first kappa shape index (κ1) is 8.57. The number of benzene rings is 1. The summed E-state index contributed by atoms with van der Waals surface area (Å²) in [5, 5.41) is 0. The maximum atomic E-state index is 5.33. The Bertz CT molecular complexity index is 404. The molecule has 0 spiro atoms. The Morgan fingerprint density at radius 1 is 1.15 bits per heavy atom. The molecule has 0 aliphatic carbocycles. The highest BCUT2D eigenvalue weighted by atomic mass is 79.9. The van der Waals surface area contributed by atoms with Crippen molar-refractivity contribution in [3.8, 4) is 11.3 Å². The smallest absolute Gasteiger partial charge is 0.134 e. The predicted octanol–water partition coefficient (Wildman–Crippen LogP) is 4.02. The summed E-state index contributed by atoms with van der Waals surface area (Å²) in [6.07, 6.45) is 1.68. The maximum Gasteiger partial charge on any atom is 0.134 e. The van der Waals surface area contributed by atoms with E-state index in [9.17, 15) is 0 Å². The number of hydrogen-bond acceptors (Lipinski definition) is 1. The van der Waals surface area contributed by atoms with Gasteiger partial charge < -0.3 is 4.42 Å². The monoisotopic (exact) mass is 236 g/mol. The van der Waals surface area contributed by atoms with Gasteiger partial charge in [-0.3, -0.25) is 0 Å². The Balaban J connectivity index is 2.59.